The number of nitrogens with one attached hydrogen (secondary N) is 1. The van der Waals surface area contributed by atoms with E-state index < -0.39 is 0 Å². The summed E-state index contributed by atoms with van der Waals surface area (Å²) in [4.78, 5) is 0. The van der Waals surface area contributed by atoms with E-state index in [1.807, 2.05) is 0 Å². The van der Waals surface area contributed by atoms with Crippen LogP contribution in [0.3, 0.4) is 0 Å². The van der Waals surface area contributed by atoms with Crippen LogP contribution in [0.1, 0.15) is 64.4 Å². The van der Waals surface area contributed by atoms with Crippen molar-refractivity contribution in [3.8, 4) is 0 Å². The fraction of sp³-hybridized carbons (Fsp3) is 0.667. The van der Waals surface area contributed by atoms with Gasteiger partial charge in [0.1, 0.15) is 0 Å². The first-order valence-electron chi connectivity index (χ1n) is 7.99. The van der Waals surface area contributed by atoms with Crippen LogP contribution in [0.25, 0.3) is 0 Å². The van der Waals surface area contributed by atoms with Gasteiger partial charge < -0.3 is 5.32 Å². The molecule has 1 heteroatoms. The van der Waals surface area contributed by atoms with E-state index in [1.54, 1.807) is 0 Å². The molecule has 0 radical (unpaired) electrons. The Labute approximate surface area is 119 Å². The molecule has 0 spiro atoms. The van der Waals surface area contributed by atoms with Crippen LogP contribution in [-0.4, -0.2) is 13.1 Å². The first-order chi connectivity index (χ1) is 9.24. The summed E-state index contributed by atoms with van der Waals surface area (Å²) < 4.78 is 0. The standard InChI is InChI=1S/C18H31N/c1-4-5-6-8-13-18(15-19-14-16(2)3)17-11-9-7-10-12-17/h7,9-12,16,18-19H,4-6,8,13-15H2,1-3H3. The number of benzene rings is 1. The van der Waals surface area contributed by atoms with Gasteiger partial charge in [-0.2, -0.15) is 0 Å². The van der Waals surface area contributed by atoms with Gasteiger partial charge in [0.25, 0.3) is 0 Å². The topological polar surface area (TPSA) is 12.0 Å². The highest BCUT2D eigenvalue weighted by molar-refractivity contribution is 5.19. The molecular formula is C18H31N. The Balaban J connectivity index is 2.43. The quantitative estimate of drug-likeness (QED) is 0.585. The molecule has 1 rings (SSSR count). The normalized spacial score (nSPS) is 12.8. The first-order valence-corrected chi connectivity index (χ1v) is 7.99. The summed E-state index contributed by atoms with van der Waals surface area (Å²) >= 11 is 0. The molecule has 0 fully saturated rings. The Hall–Kier alpha value is -0.820. The number of hydrogen-bond acceptors (Lipinski definition) is 1. The second-order valence-electron chi connectivity index (χ2n) is 6.01. The van der Waals surface area contributed by atoms with Gasteiger partial charge in [-0.1, -0.05) is 76.8 Å². The van der Waals surface area contributed by atoms with Crippen molar-refractivity contribution in [1.82, 2.24) is 5.32 Å². The Bertz CT molecular complexity index is 305. The maximum atomic E-state index is 3.62. The van der Waals surface area contributed by atoms with Crippen molar-refractivity contribution in [3.63, 3.8) is 0 Å². The third-order valence-corrected chi connectivity index (χ3v) is 3.62. The Morgan fingerprint density at radius 1 is 0.947 bits per heavy atom. The third kappa shape index (κ3) is 7.37. The zero-order valence-electron chi connectivity index (χ0n) is 13.0. The highest BCUT2D eigenvalue weighted by atomic mass is 14.9. The molecule has 0 heterocycles. The lowest BCUT2D eigenvalue weighted by molar-refractivity contribution is 0.483. The second kappa shape index (κ2) is 10.0. The Morgan fingerprint density at radius 3 is 2.32 bits per heavy atom. The van der Waals surface area contributed by atoms with E-state index in [0.717, 1.165) is 19.0 Å². The van der Waals surface area contributed by atoms with Gasteiger partial charge in [-0.3, -0.25) is 0 Å². The summed E-state index contributed by atoms with van der Waals surface area (Å²) in [5, 5.41) is 3.62. The first kappa shape index (κ1) is 16.2. The average molecular weight is 261 g/mol. The van der Waals surface area contributed by atoms with Gasteiger partial charge in [-0.25, -0.2) is 0 Å². The van der Waals surface area contributed by atoms with Crippen LogP contribution in [-0.2, 0) is 0 Å². The van der Waals surface area contributed by atoms with Gasteiger partial charge in [0.15, 0.2) is 0 Å². The minimum absolute atomic E-state index is 0.678. The van der Waals surface area contributed by atoms with Crippen molar-refractivity contribution in [2.24, 2.45) is 5.92 Å². The molecule has 0 bridgehead atoms. The molecule has 0 saturated carbocycles. The fourth-order valence-electron chi connectivity index (χ4n) is 2.48. The van der Waals surface area contributed by atoms with Crippen LogP contribution < -0.4 is 5.32 Å². The highest BCUT2D eigenvalue weighted by Crippen LogP contribution is 2.22. The zero-order chi connectivity index (χ0) is 13.9. The van der Waals surface area contributed by atoms with Crippen LogP contribution in [0.2, 0.25) is 0 Å². The molecule has 0 aliphatic heterocycles. The van der Waals surface area contributed by atoms with Gasteiger partial charge in [0.2, 0.25) is 0 Å². The third-order valence-electron chi connectivity index (χ3n) is 3.62. The predicted molar refractivity (Wildman–Crippen MR) is 85.6 cm³/mol. The monoisotopic (exact) mass is 261 g/mol. The van der Waals surface area contributed by atoms with E-state index in [1.165, 1.54) is 37.7 Å². The van der Waals surface area contributed by atoms with Crippen LogP contribution in [0, 0.1) is 5.92 Å². The van der Waals surface area contributed by atoms with Crippen molar-refractivity contribution in [1.29, 1.82) is 0 Å². The molecule has 1 N–H and O–H groups in total. The average Bonchev–Trinajstić information content (AvgIpc) is 2.42. The number of rotatable bonds is 10. The summed E-state index contributed by atoms with van der Waals surface area (Å²) in [6, 6.07) is 11.0. The van der Waals surface area contributed by atoms with Crippen LogP contribution in [0.4, 0.5) is 0 Å². The van der Waals surface area contributed by atoms with Crippen molar-refractivity contribution < 1.29 is 0 Å². The molecule has 108 valence electrons. The summed E-state index contributed by atoms with van der Waals surface area (Å²) in [7, 11) is 0. The molecule has 0 aliphatic carbocycles. The van der Waals surface area contributed by atoms with Crippen LogP contribution in [0.5, 0.6) is 0 Å². The number of hydrogen-bond donors (Lipinski definition) is 1. The van der Waals surface area contributed by atoms with Crippen LogP contribution >= 0.6 is 0 Å². The van der Waals surface area contributed by atoms with Crippen molar-refractivity contribution in [2.75, 3.05) is 13.1 Å². The number of unbranched alkanes of at least 4 members (excludes halogenated alkanes) is 3. The maximum Gasteiger partial charge on any atom is 0.00202 e. The van der Waals surface area contributed by atoms with E-state index in [9.17, 15) is 0 Å². The van der Waals surface area contributed by atoms with Gasteiger partial charge >= 0.3 is 0 Å². The smallest absolute Gasteiger partial charge is 0.00202 e. The summed E-state index contributed by atoms with van der Waals surface area (Å²) in [5.41, 5.74) is 1.50. The summed E-state index contributed by atoms with van der Waals surface area (Å²) in [6.07, 6.45) is 6.75. The van der Waals surface area contributed by atoms with Gasteiger partial charge in [0.05, 0.1) is 0 Å². The van der Waals surface area contributed by atoms with E-state index >= 15 is 0 Å². The Kier molecular flexibility index (Phi) is 8.57. The molecule has 19 heavy (non-hydrogen) atoms. The molecule has 1 unspecified atom stereocenters. The van der Waals surface area contributed by atoms with Crippen molar-refractivity contribution >= 4 is 0 Å². The molecule has 1 nitrogen and oxygen atoms in total. The molecular weight excluding hydrogens is 230 g/mol. The zero-order valence-corrected chi connectivity index (χ0v) is 13.0. The predicted octanol–water partition coefficient (Wildman–Crippen LogP) is 4.99. The molecule has 0 amide bonds. The fourth-order valence-corrected chi connectivity index (χ4v) is 2.48. The summed E-state index contributed by atoms with van der Waals surface area (Å²) in [6.45, 7) is 9.06. The largest absolute Gasteiger partial charge is 0.316 e. The lowest BCUT2D eigenvalue weighted by Gasteiger charge is -2.19. The van der Waals surface area contributed by atoms with Gasteiger partial charge in [0, 0.05) is 6.54 Å². The molecule has 0 saturated heterocycles. The molecule has 0 aliphatic rings. The van der Waals surface area contributed by atoms with E-state index in [4.69, 9.17) is 0 Å². The second-order valence-corrected chi connectivity index (χ2v) is 6.01. The van der Waals surface area contributed by atoms with Crippen molar-refractivity contribution in [3.05, 3.63) is 35.9 Å². The highest BCUT2D eigenvalue weighted by Gasteiger charge is 2.10. The van der Waals surface area contributed by atoms with E-state index in [0.29, 0.717) is 5.92 Å². The van der Waals surface area contributed by atoms with Crippen molar-refractivity contribution in [2.45, 2.75) is 58.8 Å². The molecule has 1 aromatic rings. The lowest BCUT2D eigenvalue weighted by Crippen LogP contribution is -2.25. The van der Waals surface area contributed by atoms with Gasteiger partial charge in [-0.05, 0) is 30.4 Å². The summed E-state index contributed by atoms with van der Waals surface area (Å²) in [5.74, 6) is 1.41. The van der Waals surface area contributed by atoms with Crippen LogP contribution in [0.15, 0.2) is 30.3 Å². The minimum Gasteiger partial charge on any atom is -0.316 e. The van der Waals surface area contributed by atoms with Gasteiger partial charge in [-0.15, -0.1) is 0 Å². The molecule has 0 aromatic heterocycles. The minimum atomic E-state index is 0.678. The Morgan fingerprint density at radius 2 is 1.68 bits per heavy atom. The lowest BCUT2D eigenvalue weighted by atomic mass is 9.93. The molecule has 1 aromatic carbocycles. The SMILES string of the molecule is CCCCCCC(CNCC(C)C)c1ccccc1. The van der Waals surface area contributed by atoms with E-state index in [2.05, 4.69) is 56.4 Å². The molecule has 1 atom stereocenters. The van der Waals surface area contributed by atoms with E-state index in [-0.39, 0.29) is 0 Å². The maximum absolute atomic E-state index is 3.62.